The van der Waals surface area contributed by atoms with Gasteiger partial charge in [0.2, 0.25) is 5.91 Å². The molecule has 0 bridgehead atoms. The van der Waals surface area contributed by atoms with Gasteiger partial charge in [0.15, 0.2) is 0 Å². The van der Waals surface area contributed by atoms with Crippen LogP contribution in [0.25, 0.3) is 0 Å². The minimum atomic E-state index is 0.205. The standard InChI is InChI=1S/C18H28N2O2/c1-13(2)12-22-17-7-5-16(6-8-17)11-18(21)20-10-9-19-14(3)15(20)4/h5-8,13-15,19H,9-12H2,1-4H3. The van der Waals surface area contributed by atoms with Crippen molar-refractivity contribution in [2.75, 3.05) is 19.7 Å². The Balaban J connectivity index is 1.91. The van der Waals surface area contributed by atoms with E-state index in [1.165, 1.54) is 0 Å². The first-order chi connectivity index (χ1) is 10.5. The number of nitrogens with zero attached hydrogens (tertiary/aromatic N) is 1. The van der Waals surface area contributed by atoms with Crippen molar-refractivity contribution in [1.82, 2.24) is 10.2 Å². The summed E-state index contributed by atoms with van der Waals surface area (Å²) in [6.45, 7) is 10.9. The molecule has 4 nitrogen and oxygen atoms in total. The van der Waals surface area contributed by atoms with Gasteiger partial charge < -0.3 is 15.0 Å². The third kappa shape index (κ3) is 4.47. The van der Waals surface area contributed by atoms with Crippen LogP contribution in [-0.4, -0.2) is 42.6 Å². The Kier molecular flexibility index (Phi) is 5.83. The number of ether oxygens (including phenoxy) is 1. The molecule has 0 spiro atoms. The zero-order valence-electron chi connectivity index (χ0n) is 14.1. The van der Waals surface area contributed by atoms with Gasteiger partial charge >= 0.3 is 0 Å². The number of carbonyl (C=O) groups is 1. The number of hydrogen-bond acceptors (Lipinski definition) is 3. The molecule has 1 saturated heterocycles. The summed E-state index contributed by atoms with van der Waals surface area (Å²) in [6.07, 6.45) is 0.460. The van der Waals surface area contributed by atoms with Gasteiger partial charge in [-0.3, -0.25) is 4.79 Å². The van der Waals surface area contributed by atoms with Gasteiger partial charge in [-0.25, -0.2) is 0 Å². The molecule has 1 aromatic carbocycles. The summed E-state index contributed by atoms with van der Waals surface area (Å²) in [7, 11) is 0. The van der Waals surface area contributed by atoms with E-state index in [-0.39, 0.29) is 11.9 Å². The number of rotatable bonds is 5. The van der Waals surface area contributed by atoms with E-state index in [1.54, 1.807) is 0 Å². The van der Waals surface area contributed by atoms with Gasteiger partial charge in [-0.2, -0.15) is 0 Å². The van der Waals surface area contributed by atoms with E-state index < -0.39 is 0 Å². The highest BCUT2D eigenvalue weighted by atomic mass is 16.5. The molecule has 0 aliphatic carbocycles. The lowest BCUT2D eigenvalue weighted by molar-refractivity contribution is -0.134. The highest BCUT2D eigenvalue weighted by Gasteiger charge is 2.27. The van der Waals surface area contributed by atoms with Crippen molar-refractivity contribution in [3.8, 4) is 5.75 Å². The van der Waals surface area contributed by atoms with Gasteiger partial charge in [0.25, 0.3) is 0 Å². The van der Waals surface area contributed by atoms with Crippen molar-refractivity contribution in [1.29, 1.82) is 0 Å². The number of amides is 1. The van der Waals surface area contributed by atoms with E-state index >= 15 is 0 Å². The highest BCUT2D eigenvalue weighted by Crippen LogP contribution is 2.16. The lowest BCUT2D eigenvalue weighted by atomic mass is 10.0. The zero-order valence-corrected chi connectivity index (χ0v) is 14.1. The molecule has 2 rings (SSSR count). The lowest BCUT2D eigenvalue weighted by Crippen LogP contribution is -2.57. The number of hydrogen-bond donors (Lipinski definition) is 1. The normalized spacial score (nSPS) is 22.0. The molecule has 1 fully saturated rings. The van der Waals surface area contributed by atoms with Crippen LogP contribution in [0.3, 0.4) is 0 Å². The Morgan fingerprint density at radius 1 is 1.32 bits per heavy atom. The fourth-order valence-electron chi connectivity index (χ4n) is 2.65. The molecule has 2 atom stereocenters. The molecule has 4 heteroatoms. The Hall–Kier alpha value is -1.55. The number of nitrogens with one attached hydrogen (secondary N) is 1. The van der Waals surface area contributed by atoms with Gasteiger partial charge in [0, 0.05) is 25.2 Å². The lowest BCUT2D eigenvalue weighted by Gasteiger charge is -2.38. The van der Waals surface area contributed by atoms with Gasteiger partial charge in [0.1, 0.15) is 5.75 Å². The van der Waals surface area contributed by atoms with Crippen LogP contribution in [0.4, 0.5) is 0 Å². The molecular weight excluding hydrogens is 276 g/mol. The monoisotopic (exact) mass is 304 g/mol. The van der Waals surface area contributed by atoms with Gasteiger partial charge in [-0.05, 0) is 37.5 Å². The molecule has 1 heterocycles. The average Bonchev–Trinajstić information content (AvgIpc) is 2.49. The van der Waals surface area contributed by atoms with Crippen molar-refractivity contribution in [2.24, 2.45) is 5.92 Å². The molecule has 0 aromatic heterocycles. The van der Waals surface area contributed by atoms with Crippen LogP contribution in [0.15, 0.2) is 24.3 Å². The minimum Gasteiger partial charge on any atom is -0.493 e. The Morgan fingerprint density at radius 2 is 2.00 bits per heavy atom. The maximum Gasteiger partial charge on any atom is 0.227 e. The highest BCUT2D eigenvalue weighted by molar-refractivity contribution is 5.79. The quantitative estimate of drug-likeness (QED) is 0.908. The van der Waals surface area contributed by atoms with Crippen molar-refractivity contribution in [2.45, 2.75) is 46.2 Å². The fourth-order valence-corrected chi connectivity index (χ4v) is 2.65. The molecule has 1 aromatic rings. The van der Waals surface area contributed by atoms with Crippen molar-refractivity contribution in [3.05, 3.63) is 29.8 Å². The van der Waals surface area contributed by atoms with E-state index in [2.05, 4.69) is 33.0 Å². The Bertz CT molecular complexity index is 484. The van der Waals surface area contributed by atoms with Crippen LogP contribution in [0, 0.1) is 5.92 Å². The van der Waals surface area contributed by atoms with Crippen molar-refractivity contribution in [3.63, 3.8) is 0 Å². The largest absolute Gasteiger partial charge is 0.493 e. The maximum atomic E-state index is 12.5. The summed E-state index contributed by atoms with van der Waals surface area (Å²) in [5, 5.41) is 3.40. The zero-order chi connectivity index (χ0) is 16.1. The third-order valence-corrected chi connectivity index (χ3v) is 4.22. The van der Waals surface area contributed by atoms with Gasteiger partial charge in [0.05, 0.1) is 13.0 Å². The topological polar surface area (TPSA) is 41.6 Å². The van der Waals surface area contributed by atoms with Gasteiger partial charge in [-0.15, -0.1) is 0 Å². The van der Waals surface area contributed by atoms with Crippen LogP contribution >= 0.6 is 0 Å². The van der Waals surface area contributed by atoms with E-state index in [4.69, 9.17) is 4.74 Å². The number of benzene rings is 1. The van der Waals surface area contributed by atoms with E-state index in [1.807, 2.05) is 29.2 Å². The predicted molar refractivity (Wildman–Crippen MR) is 89.1 cm³/mol. The summed E-state index contributed by atoms with van der Waals surface area (Å²) in [4.78, 5) is 14.5. The van der Waals surface area contributed by atoms with Crippen LogP contribution in [0.5, 0.6) is 5.75 Å². The molecule has 22 heavy (non-hydrogen) atoms. The minimum absolute atomic E-state index is 0.205. The third-order valence-electron chi connectivity index (χ3n) is 4.22. The summed E-state index contributed by atoms with van der Waals surface area (Å²) in [5.74, 6) is 1.59. The summed E-state index contributed by atoms with van der Waals surface area (Å²) in [5.41, 5.74) is 1.04. The first-order valence-corrected chi connectivity index (χ1v) is 8.22. The van der Waals surface area contributed by atoms with Gasteiger partial charge in [-0.1, -0.05) is 26.0 Å². The van der Waals surface area contributed by atoms with E-state index in [0.717, 1.165) is 24.4 Å². The second-order valence-corrected chi connectivity index (χ2v) is 6.60. The Labute approximate surface area is 133 Å². The number of piperazine rings is 1. The fraction of sp³-hybridized carbons (Fsp3) is 0.611. The first-order valence-electron chi connectivity index (χ1n) is 8.22. The SMILES string of the molecule is CC(C)COc1ccc(CC(=O)N2CCNC(C)C2C)cc1. The smallest absolute Gasteiger partial charge is 0.227 e. The molecule has 1 aliphatic rings. The molecular formula is C18H28N2O2. The molecule has 2 unspecified atom stereocenters. The first kappa shape index (κ1) is 16.8. The summed E-state index contributed by atoms with van der Waals surface area (Å²) >= 11 is 0. The van der Waals surface area contributed by atoms with Crippen LogP contribution in [0.1, 0.15) is 33.3 Å². The molecule has 1 N–H and O–H groups in total. The second-order valence-electron chi connectivity index (χ2n) is 6.60. The van der Waals surface area contributed by atoms with Crippen molar-refractivity contribution >= 4 is 5.91 Å². The maximum absolute atomic E-state index is 12.5. The van der Waals surface area contributed by atoms with Crippen molar-refractivity contribution < 1.29 is 9.53 Å². The van der Waals surface area contributed by atoms with Crippen LogP contribution < -0.4 is 10.1 Å². The molecule has 1 aliphatic heterocycles. The number of carbonyl (C=O) groups excluding carboxylic acids is 1. The second kappa shape index (κ2) is 7.63. The van der Waals surface area contributed by atoms with Crippen LogP contribution in [0.2, 0.25) is 0 Å². The molecule has 1 amide bonds. The van der Waals surface area contributed by atoms with E-state index in [0.29, 0.717) is 25.0 Å². The molecule has 122 valence electrons. The molecule has 0 radical (unpaired) electrons. The average molecular weight is 304 g/mol. The van der Waals surface area contributed by atoms with E-state index in [9.17, 15) is 4.79 Å². The summed E-state index contributed by atoms with van der Waals surface area (Å²) in [6, 6.07) is 8.48. The Morgan fingerprint density at radius 3 is 2.64 bits per heavy atom. The molecule has 0 saturated carbocycles. The predicted octanol–water partition coefficient (Wildman–Crippen LogP) is 2.47. The summed E-state index contributed by atoms with van der Waals surface area (Å²) < 4.78 is 5.67. The van der Waals surface area contributed by atoms with Crippen LogP contribution in [-0.2, 0) is 11.2 Å².